The Hall–Kier alpha value is -1.30. The first kappa shape index (κ1) is 14.8. The van der Waals surface area contributed by atoms with E-state index in [1.807, 2.05) is 20.8 Å². The minimum atomic E-state index is -0.614. The fraction of sp³-hybridized carbons (Fsp3) is 0.583. The molecule has 1 aliphatic heterocycles. The standard InChI is InChI=1S/C12H18N2O3S/c1-7(15)8(11(16)17-6)9-10(12(2,3)4)13-14(5)18-9/h1-6H3/b9-8+. The Kier molecular flexibility index (Phi) is 4.21. The van der Waals surface area contributed by atoms with E-state index in [2.05, 4.69) is 9.84 Å². The van der Waals surface area contributed by atoms with Crippen LogP contribution in [0.25, 0.3) is 0 Å². The number of rotatable bonds is 2. The number of carbonyl (C=O) groups is 2. The van der Waals surface area contributed by atoms with Gasteiger partial charge in [-0.05, 0) is 6.92 Å². The van der Waals surface area contributed by atoms with Gasteiger partial charge in [0.1, 0.15) is 5.57 Å². The maximum atomic E-state index is 11.7. The minimum absolute atomic E-state index is 0.0699. The first-order chi connectivity index (χ1) is 8.18. The lowest BCUT2D eigenvalue weighted by Crippen LogP contribution is -2.24. The molecular formula is C12H18N2O3S. The number of Topliss-reactive ketones (excluding diaryl/α,β-unsaturated/α-hetero) is 1. The summed E-state index contributed by atoms with van der Waals surface area (Å²) in [6.07, 6.45) is 0. The molecule has 0 unspecified atom stereocenters. The van der Waals surface area contributed by atoms with Crippen molar-refractivity contribution in [2.45, 2.75) is 27.7 Å². The van der Waals surface area contributed by atoms with Crippen LogP contribution in [-0.2, 0) is 14.3 Å². The number of ketones is 1. The Morgan fingerprint density at radius 3 is 2.28 bits per heavy atom. The Morgan fingerprint density at radius 1 is 1.33 bits per heavy atom. The minimum Gasteiger partial charge on any atom is -0.465 e. The van der Waals surface area contributed by atoms with Gasteiger partial charge in [-0.1, -0.05) is 20.8 Å². The molecule has 6 heteroatoms. The zero-order chi connectivity index (χ0) is 14.1. The third-order valence-corrected chi connectivity index (χ3v) is 3.28. The van der Waals surface area contributed by atoms with Crippen LogP contribution in [0.1, 0.15) is 27.7 Å². The van der Waals surface area contributed by atoms with E-state index in [1.54, 1.807) is 11.5 Å². The van der Waals surface area contributed by atoms with Crippen LogP contribution in [0, 0.1) is 5.41 Å². The van der Waals surface area contributed by atoms with Gasteiger partial charge in [0.25, 0.3) is 0 Å². The highest BCUT2D eigenvalue weighted by atomic mass is 32.2. The zero-order valence-corrected chi connectivity index (χ0v) is 12.3. The van der Waals surface area contributed by atoms with Crippen molar-refractivity contribution in [3.63, 3.8) is 0 Å². The summed E-state index contributed by atoms with van der Waals surface area (Å²) in [4.78, 5) is 24.0. The van der Waals surface area contributed by atoms with Crippen LogP contribution in [0.2, 0.25) is 0 Å². The smallest absolute Gasteiger partial charge is 0.342 e. The van der Waals surface area contributed by atoms with E-state index in [0.29, 0.717) is 4.91 Å². The molecule has 0 aromatic carbocycles. The maximum Gasteiger partial charge on any atom is 0.342 e. The molecule has 1 aliphatic rings. The van der Waals surface area contributed by atoms with Gasteiger partial charge in [-0.25, -0.2) is 9.21 Å². The Bertz CT molecular complexity index is 447. The number of methoxy groups -OCH3 is 1. The number of carbonyl (C=O) groups excluding carboxylic acids is 2. The van der Waals surface area contributed by atoms with E-state index < -0.39 is 5.97 Å². The van der Waals surface area contributed by atoms with Crippen molar-refractivity contribution in [2.24, 2.45) is 10.5 Å². The second-order valence-corrected chi connectivity index (χ2v) is 6.13. The molecule has 0 aliphatic carbocycles. The fourth-order valence-corrected chi connectivity index (χ4v) is 2.67. The molecule has 0 aromatic heterocycles. The predicted molar refractivity (Wildman–Crippen MR) is 72.0 cm³/mol. The van der Waals surface area contributed by atoms with E-state index in [9.17, 15) is 9.59 Å². The van der Waals surface area contributed by atoms with Gasteiger partial charge < -0.3 is 4.74 Å². The summed E-state index contributed by atoms with van der Waals surface area (Å²) in [7, 11) is 3.04. The number of allylic oxidation sites excluding steroid dienone is 1. The van der Waals surface area contributed by atoms with Gasteiger partial charge in [0.2, 0.25) is 0 Å². The average Bonchev–Trinajstić information content (AvgIpc) is 2.59. The highest BCUT2D eigenvalue weighted by Crippen LogP contribution is 2.38. The third-order valence-electron chi connectivity index (χ3n) is 2.36. The van der Waals surface area contributed by atoms with Crippen LogP contribution in [-0.4, -0.2) is 36.0 Å². The van der Waals surface area contributed by atoms with Crippen LogP contribution >= 0.6 is 11.9 Å². The Morgan fingerprint density at radius 2 is 1.89 bits per heavy atom. The molecule has 0 saturated carbocycles. The average molecular weight is 270 g/mol. The highest BCUT2D eigenvalue weighted by Gasteiger charge is 2.35. The molecule has 0 radical (unpaired) electrons. The largest absolute Gasteiger partial charge is 0.465 e. The van der Waals surface area contributed by atoms with Gasteiger partial charge in [-0.2, -0.15) is 5.10 Å². The molecule has 0 spiro atoms. The number of nitrogens with zero attached hydrogens (tertiary/aromatic N) is 2. The molecule has 100 valence electrons. The third kappa shape index (κ3) is 2.93. The van der Waals surface area contributed by atoms with E-state index in [-0.39, 0.29) is 16.8 Å². The second kappa shape index (κ2) is 5.14. The topological polar surface area (TPSA) is 59.0 Å². The van der Waals surface area contributed by atoms with Crippen molar-refractivity contribution in [3.05, 3.63) is 10.5 Å². The van der Waals surface area contributed by atoms with Gasteiger partial charge in [0.15, 0.2) is 5.78 Å². The second-order valence-electron chi connectivity index (χ2n) is 5.01. The summed E-state index contributed by atoms with van der Waals surface area (Å²) in [6.45, 7) is 7.32. The summed E-state index contributed by atoms with van der Waals surface area (Å²) in [6, 6.07) is 0. The van der Waals surface area contributed by atoms with Crippen LogP contribution < -0.4 is 0 Å². The fourth-order valence-electron chi connectivity index (χ4n) is 1.54. The SMILES string of the molecule is COC(=O)/C(C(C)=O)=C1/SN(C)N=C1C(C)(C)C. The lowest BCUT2D eigenvalue weighted by molar-refractivity contribution is -0.137. The predicted octanol–water partition coefficient (Wildman–Crippen LogP) is 2.00. The molecule has 0 saturated heterocycles. The van der Waals surface area contributed by atoms with Gasteiger partial charge in [0, 0.05) is 24.4 Å². The monoisotopic (exact) mass is 270 g/mol. The van der Waals surface area contributed by atoms with E-state index >= 15 is 0 Å². The van der Waals surface area contributed by atoms with Crippen LogP contribution in [0.15, 0.2) is 15.6 Å². The molecule has 1 heterocycles. The van der Waals surface area contributed by atoms with Gasteiger partial charge in [-0.15, -0.1) is 0 Å². The van der Waals surface area contributed by atoms with Gasteiger partial charge in [-0.3, -0.25) is 4.79 Å². The molecule has 0 bridgehead atoms. The number of hydrazone groups is 1. The zero-order valence-electron chi connectivity index (χ0n) is 11.5. The van der Waals surface area contributed by atoms with Gasteiger partial charge >= 0.3 is 5.97 Å². The molecule has 0 fully saturated rings. The lowest BCUT2D eigenvalue weighted by Gasteiger charge is -2.19. The van der Waals surface area contributed by atoms with Crippen LogP contribution in [0.4, 0.5) is 0 Å². The Balaban J connectivity index is 3.39. The summed E-state index contributed by atoms with van der Waals surface area (Å²) in [5, 5.41) is 4.36. The maximum absolute atomic E-state index is 11.7. The van der Waals surface area contributed by atoms with Crippen molar-refractivity contribution in [3.8, 4) is 0 Å². The molecule has 1 rings (SSSR count). The van der Waals surface area contributed by atoms with Gasteiger partial charge in [0.05, 0.1) is 17.7 Å². The molecule has 0 N–H and O–H groups in total. The number of esters is 1. The number of hydrogen-bond donors (Lipinski definition) is 0. The summed E-state index contributed by atoms with van der Waals surface area (Å²) < 4.78 is 6.32. The van der Waals surface area contributed by atoms with Crippen molar-refractivity contribution < 1.29 is 14.3 Å². The molecule has 0 atom stereocenters. The normalized spacial score (nSPS) is 18.6. The molecule has 5 nitrogen and oxygen atoms in total. The number of ether oxygens (including phenoxy) is 1. The summed E-state index contributed by atoms with van der Waals surface area (Å²) in [5.41, 5.74) is 0.549. The lowest BCUT2D eigenvalue weighted by atomic mass is 9.88. The first-order valence-electron chi connectivity index (χ1n) is 5.53. The van der Waals surface area contributed by atoms with E-state index in [1.165, 1.54) is 26.0 Å². The molecule has 0 aromatic rings. The van der Waals surface area contributed by atoms with Crippen LogP contribution in [0.5, 0.6) is 0 Å². The summed E-state index contributed by atoms with van der Waals surface area (Å²) >= 11 is 1.27. The van der Waals surface area contributed by atoms with Crippen LogP contribution in [0.3, 0.4) is 0 Å². The number of hydrogen-bond acceptors (Lipinski definition) is 6. The molecule has 0 amide bonds. The van der Waals surface area contributed by atoms with Crippen molar-refractivity contribution in [2.75, 3.05) is 14.2 Å². The van der Waals surface area contributed by atoms with Crippen molar-refractivity contribution in [1.29, 1.82) is 0 Å². The summed E-state index contributed by atoms with van der Waals surface area (Å²) in [5.74, 6) is -0.922. The molecule has 18 heavy (non-hydrogen) atoms. The Labute approximate surface area is 111 Å². The highest BCUT2D eigenvalue weighted by molar-refractivity contribution is 8.02. The molecular weight excluding hydrogens is 252 g/mol. The van der Waals surface area contributed by atoms with Crippen molar-refractivity contribution in [1.82, 2.24) is 4.41 Å². The first-order valence-corrected chi connectivity index (χ1v) is 6.30. The quantitative estimate of drug-likeness (QED) is 0.252. The van der Waals surface area contributed by atoms with E-state index in [4.69, 9.17) is 0 Å². The van der Waals surface area contributed by atoms with Crippen molar-refractivity contribution >= 4 is 29.4 Å². The van der Waals surface area contributed by atoms with E-state index in [0.717, 1.165) is 5.71 Å².